The Morgan fingerprint density at radius 2 is 1.55 bits per heavy atom. The van der Waals surface area contributed by atoms with Crippen LogP contribution in [-0.2, 0) is 13.2 Å². The maximum absolute atomic E-state index is 12.4. The van der Waals surface area contributed by atoms with Crippen LogP contribution >= 0.6 is 11.6 Å². The average molecular weight is 402 g/mol. The Labute approximate surface area is 174 Å². The van der Waals surface area contributed by atoms with Crippen LogP contribution in [0.3, 0.4) is 0 Å². The van der Waals surface area contributed by atoms with Gasteiger partial charge < -0.3 is 10.1 Å². The summed E-state index contributed by atoms with van der Waals surface area (Å²) < 4.78 is 5.76. The van der Waals surface area contributed by atoms with Gasteiger partial charge in [-0.05, 0) is 52.7 Å². The Hall–Kier alpha value is -3.30. The van der Waals surface area contributed by atoms with Crippen molar-refractivity contribution in [3.05, 3.63) is 113 Å². The zero-order valence-electron chi connectivity index (χ0n) is 15.8. The van der Waals surface area contributed by atoms with Crippen LogP contribution in [0.15, 0.2) is 91.0 Å². The Morgan fingerprint density at radius 3 is 2.34 bits per heavy atom. The summed E-state index contributed by atoms with van der Waals surface area (Å²) in [5, 5.41) is 6.00. The van der Waals surface area contributed by atoms with E-state index in [2.05, 4.69) is 29.6 Å². The summed E-state index contributed by atoms with van der Waals surface area (Å²) in [6, 6.07) is 29.1. The summed E-state index contributed by atoms with van der Waals surface area (Å²) in [5.41, 5.74) is 2.58. The first kappa shape index (κ1) is 19.0. The van der Waals surface area contributed by atoms with Crippen molar-refractivity contribution in [3.8, 4) is 5.75 Å². The second kappa shape index (κ2) is 8.80. The second-order valence-electron chi connectivity index (χ2n) is 6.77. The van der Waals surface area contributed by atoms with Crippen molar-refractivity contribution in [1.82, 2.24) is 5.32 Å². The van der Waals surface area contributed by atoms with Gasteiger partial charge in [-0.3, -0.25) is 4.79 Å². The summed E-state index contributed by atoms with van der Waals surface area (Å²) in [5.74, 6) is 0.576. The monoisotopic (exact) mass is 401 g/mol. The third-order valence-electron chi connectivity index (χ3n) is 4.74. The smallest absolute Gasteiger partial charge is 0.251 e. The molecule has 0 heterocycles. The SMILES string of the molecule is O=C(NCc1ccc2ccccc2c1)c1ccc(OCc2ccccc2Cl)cc1. The molecule has 29 heavy (non-hydrogen) atoms. The number of nitrogens with one attached hydrogen (secondary N) is 1. The van der Waals surface area contributed by atoms with Crippen LogP contribution in [0.1, 0.15) is 21.5 Å². The quantitative estimate of drug-likeness (QED) is 0.430. The molecule has 1 amide bonds. The zero-order chi connectivity index (χ0) is 20.1. The minimum atomic E-state index is -0.115. The Morgan fingerprint density at radius 1 is 0.828 bits per heavy atom. The first-order valence-corrected chi connectivity index (χ1v) is 9.79. The van der Waals surface area contributed by atoms with E-state index in [0.29, 0.717) is 29.5 Å². The van der Waals surface area contributed by atoms with Crippen molar-refractivity contribution >= 4 is 28.3 Å². The first-order valence-electron chi connectivity index (χ1n) is 9.41. The van der Waals surface area contributed by atoms with Crippen molar-refractivity contribution in [2.75, 3.05) is 0 Å². The highest BCUT2D eigenvalue weighted by Crippen LogP contribution is 2.19. The molecule has 0 spiro atoms. The summed E-state index contributed by atoms with van der Waals surface area (Å²) >= 11 is 6.14. The molecule has 144 valence electrons. The molecular formula is C25H20ClNO2. The summed E-state index contributed by atoms with van der Waals surface area (Å²) in [4.78, 5) is 12.4. The molecule has 4 heteroatoms. The lowest BCUT2D eigenvalue weighted by atomic mass is 10.1. The van der Waals surface area contributed by atoms with Gasteiger partial charge in [0, 0.05) is 22.7 Å². The molecule has 0 unspecified atom stereocenters. The number of amides is 1. The van der Waals surface area contributed by atoms with Gasteiger partial charge in [0.1, 0.15) is 12.4 Å². The number of fused-ring (bicyclic) bond motifs is 1. The van der Waals surface area contributed by atoms with Gasteiger partial charge in [0.05, 0.1) is 0 Å². The summed E-state index contributed by atoms with van der Waals surface area (Å²) in [6.45, 7) is 0.863. The molecule has 4 rings (SSSR count). The van der Waals surface area contributed by atoms with Crippen molar-refractivity contribution in [1.29, 1.82) is 0 Å². The summed E-state index contributed by atoms with van der Waals surface area (Å²) in [7, 11) is 0. The molecule has 0 atom stereocenters. The van der Waals surface area contributed by atoms with E-state index in [4.69, 9.17) is 16.3 Å². The zero-order valence-corrected chi connectivity index (χ0v) is 16.5. The van der Waals surface area contributed by atoms with Crippen molar-refractivity contribution in [2.24, 2.45) is 0 Å². The molecule has 4 aromatic rings. The highest BCUT2D eigenvalue weighted by Gasteiger charge is 2.07. The number of carbonyl (C=O) groups is 1. The first-order chi connectivity index (χ1) is 14.2. The fourth-order valence-corrected chi connectivity index (χ4v) is 3.30. The van der Waals surface area contributed by atoms with Crippen LogP contribution < -0.4 is 10.1 Å². The minimum Gasteiger partial charge on any atom is -0.489 e. The molecule has 0 bridgehead atoms. The van der Waals surface area contributed by atoms with E-state index in [1.54, 1.807) is 24.3 Å². The highest BCUT2D eigenvalue weighted by atomic mass is 35.5. The minimum absolute atomic E-state index is 0.115. The van der Waals surface area contributed by atoms with E-state index in [1.165, 1.54) is 10.8 Å². The van der Waals surface area contributed by atoms with E-state index in [0.717, 1.165) is 11.1 Å². The fraction of sp³-hybridized carbons (Fsp3) is 0.0800. The van der Waals surface area contributed by atoms with E-state index in [1.807, 2.05) is 42.5 Å². The van der Waals surface area contributed by atoms with Crippen LogP contribution in [0, 0.1) is 0 Å². The molecule has 4 aromatic carbocycles. The topological polar surface area (TPSA) is 38.3 Å². The van der Waals surface area contributed by atoms with Gasteiger partial charge in [-0.25, -0.2) is 0 Å². The molecule has 0 aliphatic carbocycles. The van der Waals surface area contributed by atoms with E-state index in [9.17, 15) is 4.79 Å². The molecule has 0 fully saturated rings. The third-order valence-corrected chi connectivity index (χ3v) is 5.10. The Balaban J connectivity index is 1.34. The molecule has 0 saturated heterocycles. The number of halogens is 1. The number of carbonyl (C=O) groups excluding carboxylic acids is 1. The molecule has 3 nitrogen and oxygen atoms in total. The Bertz CT molecular complexity index is 1140. The molecular weight excluding hydrogens is 382 g/mol. The molecule has 0 aromatic heterocycles. The van der Waals surface area contributed by atoms with Crippen molar-refractivity contribution < 1.29 is 9.53 Å². The third kappa shape index (κ3) is 4.76. The summed E-state index contributed by atoms with van der Waals surface area (Å²) in [6.07, 6.45) is 0. The second-order valence-corrected chi connectivity index (χ2v) is 7.18. The maximum Gasteiger partial charge on any atom is 0.251 e. The molecule has 0 aliphatic rings. The van der Waals surface area contributed by atoms with E-state index in [-0.39, 0.29) is 5.91 Å². The van der Waals surface area contributed by atoms with Gasteiger partial charge in [0.25, 0.3) is 5.91 Å². The lowest BCUT2D eigenvalue weighted by Crippen LogP contribution is -2.22. The predicted molar refractivity (Wildman–Crippen MR) is 117 cm³/mol. The predicted octanol–water partition coefficient (Wildman–Crippen LogP) is 6.00. The van der Waals surface area contributed by atoms with Crippen molar-refractivity contribution in [3.63, 3.8) is 0 Å². The van der Waals surface area contributed by atoms with Gasteiger partial charge in [-0.1, -0.05) is 66.2 Å². The number of benzene rings is 4. The number of ether oxygens (including phenoxy) is 1. The van der Waals surface area contributed by atoms with Crippen LogP contribution in [0.2, 0.25) is 5.02 Å². The average Bonchev–Trinajstić information content (AvgIpc) is 2.77. The number of rotatable bonds is 6. The molecule has 1 N–H and O–H groups in total. The number of hydrogen-bond donors (Lipinski definition) is 1. The molecule has 0 aliphatic heterocycles. The largest absolute Gasteiger partial charge is 0.489 e. The molecule has 0 radical (unpaired) electrons. The fourth-order valence-electron chi connectivity index (χ4n) is 3.11. The van der Waals surface area contributed by atoms with Gasteiger partial charge in [-0.15, -0.1) is 0 Å². The van der Waals surface area contributed by atoms with E-state index >= 15 is 0 Å². The van der Waals surface area contributed by atoms with Crippen molar-refractivity contribution in [2.45, 2.75) is 13.2 Å². The highest BCUT2D eigenvalue weighted by molar-refractivity contribution is 6.31. The van der Waals surface area contributed by atoms with Gasteiger partial charge >= 0.3 is 0 Å². The Kier molecular flexibility index (Phi) is 5.78. The number of hydrogen-bond acceptors (Lipinski definition) is 2. The van der Waals surface area contributed by atoms with Crippen LogP contribution in [0.5, 0.6) is 5.75 Å². The maximum atomic E-state index is 12.4. The van der Waals surface area contributed by atoms with Crippen LogP contribution in [0.4, 0.5) is 0 Å². The van der Waals surface area contributed by atoms with Crippen LogP contribution in [-0.4, -0.2) is 5.91 Å². The molecule has 0 saturated carbocycles. The van der Waals surface area contributed by atoms with Gasteiger partial charge in [-0.2, -0.15) is 0 Å². The van der Waals surface area contributed by atoms with Gasteiger partial charge in [0.2, 0.25) is 0 Å². The standard InChI is InChI=1S/C25H20ClNO2/c26-24-8-4-3-7-22(24)17-29-23-13-11-20(12-14-23)25(28)27-16-18-9-10-19-5-1-2-6-21(19)15-18/h1-15H,16-17H2,(H,27,28). The van der Waals surface area contributed by atoms with Crippen LogP contribution in [0.25, 0.3) is 10.8 Å². The lowest BCUT2D eigenvalue weighted by molar-refractivity contribution is 0.0951. The normalized spacial score (nSPS) is 10.7. The lowest BCUT2D eigenvalue weighted by Gasteiger charge is -2.09. The van der Waals surface area contributed by atoms with E-state index < -0.39 is 0 Å². The van der Waals surface area contributed by atoms with Gasteiger partial charge in [0.15, 0.2) is 0 Å².